The van der Waals surface area contributed by atoms with Gasteiger partial charge >= 0.3 is 5.97 Å². The highest BCUT2D eigenvalue weighted by Gasteiger charge is 2.16. The molecule has 0 spiro atoms. The molecule has 146 valence electrons. The molecule has 9 nitrogen and oxygen atoms in total. The van der Waals surface area contributed by atoms with E-state index in [-0.39, 0.29) is 11.8 Å². The van der Waals surface area contributed by atoms with Crippen molar-refractivity contribution < 1.29 is 18.8 Å². The standard InChI is InChI=1S/C18H19N5O4S/c1-11(2)14-7-16(27-23-14)21-15(24)8-26-17(25)13-6-4-3-5-12(13)9-28-18-19-10-20-22-18/h3-7,10-11H,8-9H2,1-2H3,(H,21,24)(H,19,20,22). The molecule has 10 heteroatoms. The molecule has 3 aromatic rings. The van der Waals surface area contributed by atoms with Crippen LogP contribution < -0.4 is 5.32 Å². The van der Waals surface area contributed by atoms with Gasteiger partial charge in [0.15, 0.2) is 11.8 Å². The molecular weight excluding hydrogens is 382 g/mol. The van der Waals surface area contributed by atoms with E-state index in [1.54, 1.807) is 18.2 Å². The number of carbonyl (C=O) groups excluding carboxylic acids is 2. The number of thioether (sulfide) groups is 1. The molecule has 2 N–H and O–H groups in total. The Balaban J connectivity index is 1.54. The van der Waals surface area contributed by atoms with Crippen LogP contribution in [0.4, 0.5) is 5.88 Å². The lowest BCUT2D eigenvalue weighted by Gasteiger charge is -2.08. The van der Waals surface area contributed by atoms with Crippen molar-refractivity contribution >= 4 is 29.5 Å². The first-order valence-electron chi connectivity index (χ1n) is 8.52. The van der Waals surface area contributed by atoms with Gasteiger partial charge in [-0.05, 0) is 17.5 Å². The van der Waals surface area contributed by atoms with Crippen LogP contribution in [0.2, 0.25) is 0 Å². The molecule has 0 aliphatic heterocycles. The molecule has 0 atom stereocenters. The van der Waals surface area contributed by atoms with Crippen LogP contribution in [0.1, 0.15) is 41.4 Å². The smallest absolute Gasteiger partial charge is 0.338 e. The summed E-state index contributed by atoms with van der Waals surface area (Å²) >= 11 is 1.41. The number of nitrogens with zero attached hydrogens (tertiary/aromatic N) is 3. The first-order chi connectivity index (χ1) is 13.5. The minimum Gasteiger partial charge on any atom is -0.452 e. The van der Waals surface area contributed by atoms with E-state index < -0.39 is 18.5 Å². The molecule has 0 saturated carbocycles. The lowest BCUT2D eigenvalue weighted by atomic mass is 10.1. The third-order valence-corrected chi connectivity index (χ3v) is 4.64. The third-order valence-electron chi connectivity index (χ3n) is 3.71. The van der Waals surface area contributed by atoms with Crippen molar-refractivity contribution in [1.29, 1.82) is 0 Å². The van der Waals surface area contributed by atoms with Gasteiger partial charge in [0.2, 0.25) is 5.88 Å². The molecule has 0 unspecified atom stereocenters. The van der Waals surface area contributed by atoms with E-state index in [0.29, 0.717) is 16.5 Å². The van der Waals surface area contributed by atoms with Gasteiger partial charge in [0.25, 0.3) is 5.91 Å². The van der Waals surface area contributed by atoms with Crippen molar-refractivity contribution in [3.8, 4) is 0 Å². The number of aromatic amines is 1. The SMILES string of the molecule is CC(C)c1cc(NC(=O)COC(=O)c2ccccc2CSc2ncn[nH]2)on1. The van der Waals surface area contributed by atoms with Gasteiger partial charge in [0.1, 0.15) is 6.33 Å². The number of amides is 1. The predicted octanol–water partition coefficient (Wildman–Crippen LogP) is 3.00. The van der Waals surface area contributed by atoms with Gasteiger partial charge in [-0.15, -0.1) is 0 Å². The van der Waals surface area contributed by atoms with Crippen LogP contribution >= 0.6 is 11.8 Å². The molecule has 28 heavy (non-hydrogen) atoms. The zero-order chi connectivity index (χ0) is 19.9. The van der Waals surface area contributed by atoms with Crippen molar-refractivity contribution in [3.05, 3.63) is 53.5 Å². The second-order valence-electron chi connectivity index (χ2n) is 6.13. The minimum absolute atomic E-state index is 0.179. The Bertz CT molecular complexity index is 939. The summed E-state index contributed by atoms with van der Waals surface area (Å²) in [6, 6.07) is 8.68. The number of aromatic nitrogens is 4. The Morgan fingerprint density at radius 2 is 2.14 bits per heavy atom. The summed E-state index contributed by atoms with van der Waals surface area (Å²) in [5.74, 6) is -0.187. The van der Waals surface area contributed by atoms with Crippen LogP contribution in [0.3, 0.4) is 0 Å². The van der Waals surface area contributed by atoms with Crippen LogP contribution in [0.15, 0.2) is 46.3 Å². The minimum atomic E-state index is -0.579. The van der Waals surface area contributed by atoms with Crippen LogP contribution in [-0.4, -0.2) is 38.8 Å². The van der Waals surface area contributed by atoms with Crippen molar-refractivity contribution in [2.75, 3.05) is 11.9 Å². The normalized spacial score (nSPS) is 10.8. The van der Waals surface area contributed by atoms with Gasteiger partial charge in [-0.25, -0.2) is 9.78 Å². The molecular formula is C18H19N5O4S. The number of H-pyrrole nitrogens is 1. The maximum Gasteiger partial charge on any atom is 0.338 e. The molecule has 1 aromatic carbocycles. The Morgan fingerprint density at radius 3 is 2.86 bits per heavy atom. The number of rotatable bonds is 8. The number of nitrogens with one attached hydrogen (secondary N) is 2. The van der Waals surface area contributed by atoms with Gasteiger partial charge in [-0.3, -0.25) is 15.2 Å². The molecule has 2 heterocycles. The number of hydrogen-bond donors (Lipinski definition) is 2. The largest absolute Gasteiger partial charge is 0.452 e. The maximum absolute atomic E-state index is 12.4. The Morgan fingerprint density at radius 1 is 1.32 bits per heavy atom. The fraction of sp³-hybridized carbons (Fsp3) is 0.278. The van der Waals surface area contributed by atoms with Gasteiger partial charge in [-0.1, -0.05) is 49.0 Å². The molecule has 0 fully saturated rings. The number of ether oxygens (including phenoxy) is 1. The average Bonchev–Trinajstić information content (AvgIpc) is 3.36. The summed E-state index contributed by atoms with van der Waals surface area (Å²) in [4.78, 5) is 28.4. The van der Waals surface area contributed by atoms with Gasteiger partial charge in [0, 0.05) is 11.8 Å². The fourth-order valence-corrected chi connectivity index (χ4v) is 3.04. The lowest BCUT2D eigenvalue weighted by molar-refractivity contribution is -0.119. The Hall–Kier alpha value is -3.14. The lowest BCUT2D eigenvalue weighted by Crippen LogP contribution is -2.21. The van der Waals surface area contributed by atoms with E-state index in [1.807, 2.05) is 26.0 Å². The van der Waals surface area contributed by atoms with Crippen LogP contribution in [0.25, 0.3) is 0 Å². The number of hydrogen-bond acceptors (Lipinski definition) is 8. The monoisotopic (exact) mass is 401 g/mol. The fourth-order valence-electron chi connectivity index (χ4n) is 2.26. The number of anilines is 1. The van der Waals surface area contributed by atoms with Gasteiger partial charge < -0.3 is 9.26 Å². The topological polar surface area (TPSA) is 123 Å². The van der Waals surface area contributed by atoms with Crippen molar-refractivity contribution in [3.63, 3.8) is 0 Å². The maximum atomic E-state index is 12.4. The predicted molar refractivity (Wildman–Crippen MR) is 102 cm³/mol. The summed E-state index contributed by atoms with van der Waals surface area (Å²) in [5, 5.41) is 13.5. The number of benzene rings is 1. The summed E-state index contributed by atoms with van der Waals surface area (Å²) in [7, 11) is 0. The van der Waals surface area contributed by atoms with E-state index >= 15 is 0 Å². The van der Waals surface area contributed by atoms with Crippen molar-refractivity contribution in [1.82, 2.24) is 20.3 Å². The molecule has 0 bridgehead atoms. The molecule has 1 amide bonds. The van der Waals surface area contributed by atoms with Crippen molar-refractivity contribution in [2.24, 2.45) is 0 Å². The first kappa shape index (κ1) is 19.6. The van der Waals surface area contributed by atoms with E-state index in [9.17, 15) is 9.59 Å². The molecule has 2 aromatic heterocycles. The third kappa shape index (κ3) is 5.19. The highest BCUT2D eigenvalue weighted by molar-refractivity contribution is 7.98. The molecule has 3 rings (SSSR count). The molecule has 0 radical (unpaired) electrons. The zero-order valence-corrected chi connectivity index (χ0v) is 16.2. The zero-order valence-electron chi connectivity index (χ0n) is 15.3. The Labute approximate surface area is 165 Å². The number of esters is 1. The van der Waals surface area contributed by atoms with E-state index in [2.05, 4.69) is 25.7 Å². The average molecular weight is 401 g/mol. The van der Waals surface area contributed by atoms with E-state index in [1.165, 1.54) is 18.1 Å². The highest BCUT2D eigenvalue weighted by atomic mass is 32.2. The number of carbonyl (C=O) groups is 2. The van der Waals surface area contributed by atoms with Crippen molar-refractivity contribution in [2.45, 2.75) is 30.7 Å². The van der Waals surface area contributed by atoms with E-state index in [0.717, 1.165) is 11.3 Å². The molecule has 0 aliphatic carbocycles. The second kappa shape index (κ2) is 9.18. The molecule has 0 aliphatic rings. The summed E-state index contributed by atoms with van der Waals surface area (Å²) < 4.78 is 10.2. The quantitative estimate of drug-likeness (QED) is 0.436. The van der Waals surface area contributed by atoms with Gasteiger partial charge in [0.05, 0.1) is 11.3 Å². The van der Waals surface area contributed by atoms with Gasteiger partial charge in [-0.2, -0.15) is 5.10 Å². The first-order valence-corrected chi connectivity index (χ1v) is 9.51. The Kier molecular flexibility index (Phi) is 6.43. The van der Waals surface area contributed by atoms with Crippen LogP contribution in [0, 0.1) is 0 Å². The van der Waals surface area contributed by atoms with E-state index in [4.69, 9.17) is 9.26 Å². The highest BCUT2D eigenvalue weighted by Crippen LogP contribution is 2.22. The summed E-state index contributed by atoms with van der Waals surface area (Å²) in [6.45, 7) is 3.49. The second-order valence-corrected chi connectivity index (χ2v) is 7.10. The summed E-state index contributed by atoms with van der Waals surface area (Å²) in [6.07, 6.45) is 1.42. The van der Waals surface area contributed by atoms with Crippen LogP contribution in [0.5, 0.6) is 0 Å². The van der Waals surface area contributed by atoms with Crippen LogP contribution in [-0.2, 0) is 15.3 Å². The summed E-state index contributed by atoms with van der Waals surface area (Å²) in [5.41, 5.74) is 1.89. The molecule has 0 saturated heterocycles.